The molecule has 1 heterocycles. The van der Waals surface area contributed by atoms with Crippen LogP contribution in [-0.4, -0.2) is 4.98 Å². The number of aryl methyl sites for hydroxylation is 2. The number of aromatic amines is 1. The number of unbranched alkanes of at least 4 members (excludes halogenated alkanes) is 2. The van der Waals surface area contributed by atoms with Crippen molar-refractivity contribution in [3.05, 3.63) is 47.5 Å². The van der Waals surface area contributed by atoms with Crippen LogP contribution in [0.15, 0.2) is 36.4 Å². The van der Waals surface area contributed by atoms with E-state index in [4.69, 9.17) is 0 Å². The molecule has 21 heavy (non-hydrogen) atoms. The number of aromatic nitrogens is 1. The van der Waals surface area contributed by atoms with Gasteiger partial charge in [0.05, 0.1) is 0 Å². The van der Waals surface area contributed by atoms with Gasteiger partial charge in [-0.2, -0.15) is 0 Å². The number of nitrogens with one attached hydrogen (secondary N) is 1. The van der Waals surface area contributed by atoms with Crippen LogP contribution in [0.1, 0.15) is 50.7 Å². The Kier molecular flexibility index (Phi) is 4.28. The third-order valence-corrected chi connectivity index (χ3v) is 4.39. The average molecular weight is 279 g/mol. The second kappa shape index (κ2) is 6.34. The number of benzene rings is 2. The van der Waals surface area contributed by atoms with Crippen molar-refractivity contribution >= 4 is 21.8 Å². The summed E-state index contributed by atoms with van der Waals surface area (Å²) in [5.41, 5.74) is 5.52. The van der Waals surface area contributed by atoms with Crippen molar-refractivity contribution in [2.45, 2.75) is 52.4 Å². The lowest BCUT2D eigenvalue weighted by Gasteiger charge is -2.03. The first-order valence-corrected chi connectivity index (χ1v) is 8.35. The van der Waals surface area contributed by atoms with Gasteiger partial charge in [0, 0.05) is 21.8 Å². The molecular formula is C20H25N. The van der Waals surface area contributed by atoms with Crippen LogP contribution in [0.5, 0.6) is 0 Å². The van der Waals surface area contributed by atoms with Crippen molar-refractivity contribution in [3.8, 4) is 0 Å². The van der Waals surface area contributed by atoms with Gasteiger partial charge in [0.25, 0.3) is 0 Å². The Hall–Kier alpha value is -1.76. The molecule has 0 aliphatic carbocycles. The maximum atomic E-state index is 3.61. The third-order valence-electron chi connectivity index (χ3n) is 4.39. The fraction of sp³-hybridized carbons (Fsp3) is 0.400. The highest BCUT2D eigenvalue weighted by molar-refractivity contribution is 6.09. The maximum absolute atomic E-state index is 3.61. The van der Waals surface area contributed by atoms with E-state index in [0.717, 1.165) is 0 Å². The lowest BCUT2D eigenvalue weighted by molar-refractivity contribution is 0.796. The Morgan fingerprint density at radius 2 is 1.67 bits per heavy atom. The predicted octanol–water partition coefficient (Wildman–Crippen LogP) is 6.01. The van der Waals surface area contributed by atoms with E-state index in [2.05, 4.69) is 55.2 Å². The summed E-state index contributed by atoms with van der Waals surface area (Å²) in [7, 11) is 0. The fourth-order valence-electron chi connectivity index (χ4n) is 3.19. The van der Waals surface area contributed by atoms with Crippen molar-refractivity contribution in [2.75, 3.05) is 0 Å². The lowest BCUT2D eigenvalue weighted by Crippen LogP contribution is -1.86. The number of H-pyrrole nitrogens is 1. The standard InChI is InChI=1S/C20H25N/c1-3-5-8-15-12-13-17-19(14-15)21-18-11-7-10-16(20(17)18)9-6-4-2/h7,10-14,21H,3-6,8-9H2,1-2H3. The minimum Gasteiger partial charge on any atom is -0.354 e. The molecule has 0 amide bonds. The van der Waals surface area contributed by atoms with E-state index in [1.807, 2.05) is 0 Å². The number of rotatable bonds is 6. The van der Waals surface area contributed by atoms with E-state index >= 15 is 0 Å². The molecule has 0 saturated heterocycles. The van der Waals surface area contributed by atoms with Crippen LogP contribution in [0.2, 0.25) is 0 Å². The monoisotopic (exact) mass is 279 g/mol. The molecule has 0 saturated carbocycles. The Morgan fingerprint density at radius 1 is 0.857 bits per heavy atom. The third kappa shape index (κ3) is 2.83. The summed E-state index contributed by atoms with van der Waals surface area (Å²) in [4.78, 5) is 3.61. The second-order valence-electron chi connectivity index (χ2n) is 6.05. The van der Waals surface area contributed by atoms with E-state index in [1.54, 1.807) is 0 Å². The van der Waals surface area contributed by atoms with Gasteiger partial charge in [-0.25, -0.2) is 0 Å². The van der Waals surface area contributed by atoms with E-state index < -0.39 is 0 Å². The lowest BCUT2D eigenvalue weighted by atomic mass is 10.0. The Balaban J connectivity index is 2.07. The fourth-order valence-corrected chi connectivity index (χ4v) is 3.19. The maximum Gasteiger partial charge on any atom is 0.0467 e. The van der Waals surface area contributed by atoms with Crippen LogP contribution >= 0.6 is 0 Å². The molecule has 1 aromatic heterocycles. The smallest absolute Gasteiger partial charge is 0.0467 e. The summed E-state index contributed by atoms with van der Waals surface area (Å²) in [6, 6.07) is 13.6. The van der Waals surface area contributed by atoms with Gasteiger partial charge in [-0.3, -0.25) is 0 Å². The quantitative estimate of drug-likeness (QED) is 0.569. The molecule has 0 aliphatic heterocycles. The first-order chi connectivity index (χ1) is 10.3. The molecule has 0 spiro atoms. The number of fused-ring (bicyclic) bond motifs is 3. The molecule has 3 aromatic rings. The largest absolute Gasteiger partial charge is 0.354 e. The highest BCUT2D eigenvalue weighted by atomic mass is 14.7. The topological polar surface area (TPSA) is 15.8 Å². The molecule has 0 bridgehead atoms. The molecule has 0 aliphatic rings. The van der Waals surface area contributed by atoms with Crippen molar-refractivity contribution in [1.29, 1.82) is 0 Å². The zero-order chi connectivity index (χ0) is 14.7. The summed E-state index contributed by atoms with van der Waals surface area (Å²) in [5.74, 6) is 0. The van der Waals surface area contributed by atoms with Crippen molar-refractivity contribution in [2.24, 2.45) is 0 Å². The summed E-state index contributed by atoms with van der Waals surface area (Å²) >= 11 is 0. The molecule has 0 unspecified atom stereocenters. The van der Waals surface area contributed by atoms with Crippen LogP contribution in [0, 0.1) is 0 Å². The van der Waals surface area contributed by atoms with Gasteiger partial charge in [0.1, 0.15) is 0 Å². The molecule has 0 fully saturated rings. The Morgan fingerprint density at radius 3 is 2.48 bits per heavy atom. The molecule has 1 nitrogen and oxygen atoms in total. The van der Waals surface area contributed by atoms with E-state index in [9.17, 15) is 0 Å². The Bertz CT molecular complexity index is 736. The zero-order valence-corrected chi connectivity index (χ0v) is 13.2. The van der Waals surface area contributed by atoms with Gasteiger partial charge in [0.15, 0.2) is 0 Å². The molecule has 3 rings (SSSR count). The average Bonchev–Trinajstić information content (AvgIpc) is 2.89. The normalized spacial score (nSPS) is 11.5. The second-order valence-corrected chi connectivity index (χ2v) is 6.05. The van der Waals surface area contributed by atoms with Crippen molar-refractivity contribution < 1.29 is 0 Å². The molecule has 1 N–H and O–H groups in total. The highest BCUT2D eigenvalue weighted by Gasteiger charge is 2.08. The van der Waals surface area contributed by atoms with Crippen LogP contribution in [0.3, 0.4) is 0 Å². The summed E-state index contributed by atoms with van der Waals surface area (Å²) in [5, 5.41) is 2.82. The van der Waals surface area contributed by atoms with Gasteiger partial charge < -0.3 is 4.98 Å². The SMILES string of the molecule is CCCCc1ccc2c(c1)[nH]c1cccc(CCCC)c12. The van der Waals surface area contributed by atoms with Gasteiger partial charge in [-0.05, 0) is 48.9 Å². The van der Waals surface area contributed by atoms with Gasteiger partial charge in [0.2, 0.25) is 0 Å². The minimum atomic E-state index is 1.18. The minimum absolute atomic E-state index is 1.18. The molecule has 0 radical (unpaired) electrons. The van der Waals surface area contributed by atoms with E-state index in [0.29, 0.717) is 0 Å². The predicted molar refractivity (Wildman–Crippen MR) is 93.0 cm³/mol. The van der Waals surface area contributed by atoms with Crippen molar-refractivity contribution in [1.82, 2.24) is 4.98 Å². The summed E-state index contributed by atoms with van der Waals surface area (Å²) in [6.07, 6.45) is 7.41. The van der Waals surface area contributed by atoms with E-state index in [-0.39, 0.29) is 0 Å². The number of hydrogen-bond donors (Lipinski definition) is 1. The first kappa shape index (κ1) is 14.2. The van der Waals surface area contributed by atoms with Gasteiger partial charge in [-0.15, -0.1) is 0 Å². The zero-order valence-electron chi connectivity index (χ0n) is 13.2. The van der Waals surface area contributed by atoms with Gasteiger partial charge >= 0.3 is 0 Å². The first-order valence-electron chi connectivity index (χ1n) is 8.35. The van der Waals surface area contributed by atoms with Gasteiger partial charge in [-0.1, -0.05) is 51.0 Å². The Labute approximate surface area is 127 Å². The molecule has 110 valence electrons. The molecule has 1 heteroatoms. The van der Waals surface area contributed by atoms with E-state index in [1.165, 1.54) is 71.5 Å². The van der Waals surface area contributed by atoms with Crippen LogP contribution in [0.4, 0.5) is 0 Å². The van der Waals surface area contributed by atoms with Crippen LogP contribution < -0.4 is 0 Å². The summed E-state index contributed by atoms with van der Waals surface area (Å²) < 4.78 is 0. The summed E-state index contributed by atoms with van der Waals surface area (Å²) in [6.45, 7) is 4.51. The van der Waals surface area contributed by atoms with Crippen LogP contribution in [-0.2, 0) is 12.8 Å². The number of hydrogen-bond acceptors (Lipinski definition) is 0. The van der Waals surface area contributed by atoms with Crippen molar-refractivity contribution in [3.63, 3.8) is 0 Å². The van der Waals surface area contributed by atoms with Crippen LogP contribution in [0.25, 0.3) is 21.8 Å². The molecular weight excluding hydrogens is 254 g/mol. The molecule has 2 aromatic carbocycles. The highest BCUT2D eigenvalue weighted by Crippen LogP contribution is 2.30. The molecule has 0 atom stereocenters.